The van der Waals surface area contributed by atoms with Crippen LogP contribution in [0.3, 0.4) is 0 Å². The molecule has 2 aliphatic heterocycles. The zero-order chi connectivity index (χ0) is 11.8. The van der Waals surface area contributed by atoms with Crippen molar-refractivity contribution in [2.24, 2.45) is 11.8 Å². The molecule has 2 heterocycles. The van der Waals surface area contributed by atoms with Crippen LogP contribution in [0, 0.1) is 11.8 Å². The van der Waals surface area contributed by atoms with E-state index >= 15 is 0 Å². The molecule has 2 rings (SSSR count). The van der Waals surface area contributed by atoms with Gasteiger partial charge in [-0.3, -0.25) is 9.69 Å². The highest BCUT2D eigenvalue weighted by Crippen LogP contribution is 2.40. The number of rotatable bonds is 3. The van der Waals surface area contributed by atoms with Gasteiger partial charge in [0.25, 0.3) is 0 Å². The Morgan fingerprint density at radius 3 is 2.88 bits per heavy atom. The van der Waals surface area contributed by atoms with Crippen molar-refractivity contribution in [3.63, 3.8) is 0 Å². The summed E-state index contributed by atoms with van der Waals surface area (Å²) in [7, 11) is 1.70. The molecule has 0 saturated carbocycles. The molecule has 4 heteroatoms. The lowest BCUT2D eigenvalue weighted by molar-refractivity contribution is -0.121. The van der Waals surface area contributed by atoms with Gasteiger partial charge in [0.05, 0.1) is 0 Å². The molecule has 0 aliphatic carbocycles. The van der Waals surface area contributed by atoms with Gasteiger partial charge >= 0.3 is 0 Å². The van der Waals surface area contributed by atoms with Gasteiger partial charge < -0.3 is 10.6 Å². The van der Waals surface area contributed by atoms with Gasteiger partial charge in [0, 0.05) is 38.6 Å². The fraction of sp³-hybridized carbons (Fsp3) is 0.917. The molecule has 0 radical (unpaired) electrons. The van der Waals surface area contributed by atoms with Crippen LogP contribution in [-0.4, -0.2) is 49.6 Å². The molecule has 92 valence electrons. The fourth-order valence-electron chi connectivity index (χ4n) is 3.25. The number of carbonyl (C=O) groups excluding carboxylic acids is 1. The molecular weight excluding hydrogens is 202 g/mol. The summed E-state index contributed by atoms with van der Waals surface area (Å²) >= 11 is 0. The summed E-state index contributed by atoms with van der Waals surface area (Å²) in [6.07, 6.45) is 0.618. The van der Waals surface area contributed by atoms with Crippen LogP contribution >= 0.6 is 0 Å². The van der Waals surface area contributed by atoms with E-state index in [-0.39, 0.29) is 11.4 Å². The van der Waals surface area contributed by atoms with E-state index in [4.69, 9.17) is 0 Å². The number of nitrogens with zero attached hydrogens (tertiary/aromatic N) is 1. The van der Waals surface area contributed by atoms with Crippen molar-refractivity contribution in [2.75, 3.05) is 33.2 Å². The maximum absolute atomic E-state index is 11.3. The van der Waals surface area contributed by atoms with Crippen molar-refractivity contribution in [1.82, 2.24) is 15.5 Å². The van der Waals surface area contributed by atoms with E-state index in [1.807, 2.05) is 0 Å². The number of likely N-dealkylation sites (tertiary alicyclic amines) is 1. The molecule has 0 aromatic heterocycles. The average Bonchev–Trinajstić information content (AvgIpc) is 2.78. The summed E-state index contributed by atoms with van der Waals surface area (Å²) in [5.74, 6) is 1.67. The van der Waals surface area contributed by atoms with Crippen molar-refractivity contribution >= 4 is 5.91 Å². The summed E-state index contributed by atoms with van der Waals surface area (Å²) in [5.41, 5.74) is 0.238. The van der Waals surface area contributed by atoms with E-state index in [0.717, 1.165) is 38.0 Å². The van der Waals surface area contributed by atoms with Gasteiger partial charge in [-0.05, 0) is 32.2 Å². The minimum absolute atomic E-state index is 0.144. The summed E-state index contributed by atoms with van der Waals surface area (Å²) in [6, 6.07) is 0. The highest BCUT2D eigenvalue weighted by Gasteiger charge is 2.49. The van der Waals surface area contributed by atoms with E-state index in [0.29, 0.717) is 6.42 Å². The Balaban J connectivity index is 1.94. The first-order valence-electron chi connectivity index (χ1n) is 6.22. The standard InChI is InChI=1S/C12H23N3O/c1-12(2)10-7-14-6-9(10)8-15(12)5-4-11(16)13-3/h9-10,14H,4-8H2,1-3H3,(H,13,16). The summed E-state index contributed by atoms with van der Waals surface area (Å²) in [6.45, 7) is 8.93. The molecule has 1 amide bonds. The normalized spacial score (nSPS) is 32.7. The largest absolute Gasteiger partial charge is 0.359 e. The fourth-order valence-corrected chi connectivity index (χ4v) is 3.25. The van der Waals surface area contributed by atoms with Crippen LogP contribution in [0.15, 0.2) is 0 Å². The first-order chi connectivity index (χ1) is 7.55. The summed E-state index contributed by atoms with van der Waals surface area (Å²) in [4.78, 5) is 13.8. The molecular formula is C12H23N3O. The summed E-state index contributed by atoms with van der Waals surface area (Å²) in [5, 5.41) is 6.16. The van der Waals surface area contributed by atoms with Gasteiger partial charge in [0.2, 0.25) is 5.91 Å². The van der Waals surface area contributed by atoms with Crippen LogP contribution in [0.1, 0.15) is 20.3 Å². The SMILES string of the molecule is CNC(=O)CCN1CC2CNCC2C1(C)C. The van der Waals surface area contributed by atoms with Gasteiger partial charge in [0.15, 0.2) is 0 Å². The molecule has 2 atom stereocenters. The van der Waals surface area contributed by atoms with Gasteiger partial charge in [-0.15, -0.1) is 0 Å². The van der Waals surface area contributed by atoms with Crippen molar-refractivity contribution in [3.05, 3.63) is 0 Å². The first kappa shape index (κ1) is 11.9. The zero-order valence-corrected chi connectivity index (χ0v) is 10.5. The second-order valence-corrected chi connectivity index (χ2v) is 5.55. The van der Waals surface area contributed by atoms with Crippen LogP contribution < -0.4 is 10.6 Å². The third-order valence-corrected chi connectivity index (χ3v) is 4.40. The minimum Gasteiger partial charge on any atom is -0.359 e. The minimum atomic E-state index is 0.144. The van der Waals surface area contributed by atoms with Crippen LogP contribution in [-0.2, 0) is 4.79 Å². The maximum atomic E-state index is 11.3. The van der Waals surface area contributed by atoms with E-state index in [1.165, 1.54) is 0 Å². The number of carbonyl (C=O) groups is 1. The topological polar surface area (TPSA) is 44.4 Å². The number of nitrogens with one attached hydrogen (secondary N) is 2. The average molecular weight is 225 g/mol. The van der Waals surface area contributed by atoms with Gasteiger partial charge in [0.1, 0.15) is 0 Å². The molecule has 2 unspecified atom stereocenters. The Morgan fingerprint density at radius 1 is 1.50 bits per heavy atom. The zero-order valence-electron chi connectivity index (χ0n) is 10.5. The van der Waals surface area contributed by atoms with Crippen molar-refractivity contribution in [1.29, 1.82) is 0 Å². The second-order valence-electron chi connectivity index (χ2n) is 5.55. The van der Waals surface area contributed by atoms with Crippen LogP contribution in [0.5, 0.6) is 0 Å². The molecule has 0 bridgehead atoms. The third kappa shape index (κ3) is 1.96. The molecule has 0 spiro atoms. The lowest BCUT2D eigenvalue weighted by Crippen LogP contribution is -2.45. The van der Waals surface area contributed by atoms with E-state index in [9.17, 15) is 4.79 Å². The van der Waals surface area contributed by atoms with Crippen LogP contribution in [0.4, 0.5) is 0 Å². The van der Waals surface area contributed by atoms with E-state index in [1.54, 1.807) is 7.05 Å². The predicted molar refractivity (Wildman–Crippen MR) is 64.2 cm³/mol. The molecule has 16 heavy (non-hydrogen) atoms. The number of hydrogen-bond donors (Lipinski definition) is 2. The van der Waals surface area contributed by atoms with Crippen LogP contribution in [0.2, 0.25) is 0 Å². The second kappa shape index (κ2) is 4.34. The molecule has 4 nitrogen and oxygen atoms in total. The highest BCUT2D eigenvalue weighted by atomic mass is 16.1. The van der Waals surface area contributed by atoms with Gasteiger partial charge in [-0.25, -0.2) is 0 Å². The molecule has 2 N–H and O–H groups in total. The Kier molecular flexibility index (Phi) is 3.22. The third-order valence-electron chi connectivity index (χ3n) is 4.40. The molecule has 2 aliphatic rings. The highest BCUT2D eigenvalue weighted by molar-refractivity contribution is 5.75. The molecule has 0 aromatic rings. The lowest BCUT2D eigenvalue weighted by atomic mass is 9.85. The molecule has 0 aromatic carbocycles. The summed E-state index contributed by atoms with van der Waals surface area (Å²) < 4.78 is 0. The Morgan fingerprint density at radius 2 is 2.25 bits per heavy atom. The maximum Gasteiger partial charge on any atom is 0.221 e. The number of amides is 1. The first-order valence-corrected chi connectivity index (χ1v) is 6.22. The lowest BCUT2D eigenvalue weighted by Gasteiger charge is -2.35. The smallest absolute Gasteiger partial charge is 0.221 e. The van der Waals surface area contributed by atoms with Crippen molar-refractivity contribution in [2.45, 2.75) is 25.8 Å². The van der Waals surface area contributed by atoms with Gasteiger partial charge in [-0.2, -0.15) is 0 Å². The number of fused-ring (bicyclic) bond motifs is 1. The van der Waals surface area contributed by atoms with Crippen molar-refractivity contribution in [3.8, 4) is 0 Å². The molecule has 2 saturated heterocycles. The van der Waals surface area contributed by atoms with Crippen LogP contribution in [0.25, 0.3) is 0 Å². The quantitative estimate of drug-likeness (QED) is 0.713. The van der Waals surface area contributed by atoms with Crippen molar-refractivity contribution < 1.29 is 4.79 Å². The van der Waals surface area contributed by atoms with E-state index < -0.39 is 0 Å². The molecule has 2 fully saturated rings. The Bertz CT molecular complexity index is 277. The Labute approximate surface area is 97.8 Å². The Hall–Kier alpha value is -0.610. The van der Waals surface area contributed by atoms with E-state index in [2.05, 4.69) is 29.4 Å². The monoisotopic (exact) mass is 225 g/mol. The number of hydrogen-bond acceptors (Lipinski definition) is 3. The predicted octanol–water partition coefficient (Wildman–Crippen LogP) is 0.0523. The van der Waals surface area contributed by atoms with Gasteiger partial charge in [-0.1, -0.05) is 0 Å².